The standard InChI is InChI=1S/C14H17NO2S/c1-9-6-12(11(3)16)4-5-13(9)17-7-14-15-10(2)8-18-14/h4-6,8,11,16H,7H2,1-3H3. The van der Waals surface area contributed by atoms with E-state index in [2.05, 4.69) is 4.98 Å². The van der Waals surface area contributed by atoms with Crippen LogP contribution in [0.2, 0.25) is 0 Å². The van der Waals surface area contributed by atoms with E-state index in [0.29, 0.717) is 6.61 Å². The van der Waals surface area contributed by atoms with Gasteiger partial charge in [-0.3, -0.25) is 0 Å². The molecule has 0 spiro atoms. The molecule has 0 saturated heterocycles. The van der Waals surface area contributed by atoms with Gasteiger partial charge in [0, 0.05) is 11.1 Å². The van der Waals surface area contributed by atoms with Gasteiger partial charge in [0.1, 0.15) is 17.4 Å². The van der Waals surface area contributed by atoms with Crippen LogP contribution in [0.5, 0.6) is 5.75 Å². The van der Waals surface area contributed by atoms with Gasteiger partial charge in [0.2, 0.25) is 0 Å². The lowest BCUT2D eigenvalue weighted by Crippen LogP contribution is -1.98. The molecule has 1 aromatic heterocycles. The van der Waals surface area contributed by atoms with Gasteiger partial charge in [-0.1, -0.05) is 6.07 Å². The Labute approximate surface area is 111 Å². The van der Waals surface area contributed by atoms with E-state index in [1.54, 1.807) is 18.3 Å². The van der Waals surface area contributed by atoms with E-state index < -0.39 is 6.10 Å². The molecule has 0 amide bonds. The summed E-state index contributed by atoms with van der Waals surface area (Å²) in [6, 6.07) is 5.74. The summed E-state index contributed by atoms with van der Waals surface area (Å²) in [6.07, 6.45) is -0.445. The van der Waals surface area contributed by atoms with Crippen molar-refractivity contribution in [3.05, 3.63) is 45.4 Å². The molecule has 0 saturated carbocycles. The first kappa shape index (κ1) is 13.1. The molecule has 1 aromatic carbocycles. The van der Waals surface area contributed by atoms with Crippen LogP contribution in [0.15, 0.2) is 23.6 Å². The van der Waals surface area contributed by atoms with E-state index in [9.17, 15) is 5.11 Å². The van der Waals surface area contributed by atoms with E-state index in [-0.39, 0.29) is 0 Å². The predicted octanol–water partition coefficient (Wildman–Crippen LogP) is 3.39. The monoisotopic (exact) mass is 263 g/mol. The normalized spacial score (nSPS) is 12.4. The first-order valence-electron chi connectivity index (χ1n) is 5.88. The van der Waals surface area contributed by atoms with Crippen molar-refractivity contribution in [1.82, 2.24) is 4.98 Å². The number of aryl methyl sites for hydroxylation is 2. The fraction of sp³-hybridized carbons (Fsp3) is 0.357. The van der Waals surface area contributed by atoms with Crippen molar-refractivity contribution < 1.29 is 9.84 Å². The second-order valence-electron chi connectivity index (χ2n) is 4.37. The number of nitrogens with zero attached hydrogens (tertiary/aromatic N) is 1. The maximum absolute atomic E-state index is 9.50. The average Bonchev–Trinajstić information content (AvgIpc) is 2.73. The van der Waals surface area contributed by atoms with Gasteiger partial charge in [0.05, 0.1) is 6.10 Å². The Morgan fingerprint density at radius 3 is 2.72 bits per heavy atom. The zero-order valence-corrected chi connectivity index (χ0v) is 11.6. The predicted molar refractivity (Wildman–Crippen MR) is 73.0 cm³/mol. The lowest BCUT2D eigenvalue weighted by Gasteiger charge is -2.11. The highest BCUT2D eigenvalue weighted by molar-refractivity contribution is 7.09. The molecule has 2 aromatic rings. The highest BCUT2D eigenvalue weighted by Gasteiger charge is 2.06. The van der Waals surface area contributed by atoms with Gasteiger partial charge < -0.3 is 9.84 Å². The van der Waals surface area contributed by atoms with Crippen LogP contribution in [-0.2, 0) is 6.61 Å². The third-order valence-corrected chi connectivity index (χ3v) is 3.64. The maximum atomic E-state index is 9.50. The van der Waals surface area contributed by atoms with Gasteiger partial charge in [0.25, 0.3) is 0 Å². The van der Waals surface area contributed by atoms with Crippen molar-refractivity contribution in [3.8, 4) is 5.75 Å². The van der Waals surface area contributed by atoms with Gasteiger partial charge >= 0.3 is 0 Å². The van der Waals surface area contributed by atoms with Gasteiger partial charge in [0.15, 0.2) is 0 Å². The molecule has 96 valence electrons. The number of aromatic nitrogens is 1. The molecule has 1 N–H and O–H groups in total. The summed E-state index contributed by atoms with van der Waals surface area (Å²) >= 11 is 1.61. The largest absolute Gasteiger partial charge is 0.486 e. The second-order valence-corrected chi connectivity index (χ2v) is 5.31. The number of thiazole rings is 1. The van der Waals surface area contributed by atoms with Crippen LogP contribution in [0.4, 0.5) is 0 Å². The SMILES string of the molecule is Cc1csc(COc2ccc(C(C)O)cc2C)n1. The summed E-state index contributed by atoms with van der Waals surface area (Å²) in [7, 11) is 0. The van der Waals surface area contributed by atoms with Gasteiger partial charge in [-0.25, -0.2) is 4.98 Å². The van der Waals surface area contributed by atoms with Crippen molar-refractivity contribution in [2.45, 2.75) is 33.5 Å². The van der Waals surface area contributed by atoms with Gasteiger partial charge in [-0.2, -0.15) is 0 Å². The zero-order chi connectivity index (χ0) is 13.1. The van der Waals surface area contributed by atoms with E-state index in [4.69, 9.17) is 4.74 Å². The average molecular weight is 263 g/mol. The van der Waals surface area contributed by atoms with Crippen molar-refractivity contribution in [3.63, 3.8) is 0 Å². The number of ether oxygens (including phenoxy) is 1. The highest BCUT2D eigenvalue weighted by atomic mass is 32.1. The van der Waals surface area contributed by atoms with E-state index >= 15 is 0 Å². The molecule has 0 aliphatic heterocycles. The molecule has 18 heavy (non-hydrogen) atoms. The number of hydrogen-bond donors (Lipinski definition) is 1. The first-order valence-corrected chi connectivity index (χ1v) is 6.76. The number of rotatable bonds is 4. The summed E-state index contributed by atoms with van der Waals surface area (Å²) in [5.41, 5.74) is 2.96. The highest BCUT2D eigenvalue weighted by Crippen LogP contribution is 2.23. The van der Waals surface area contributed by atoms with Crippen LogP contribution in [0.1, 0.15) is 34.9 Å². The molecule has 1 atom stereocenters. The Morgan fingerprint density at radius 2 is 2.17 bits per heavy atom. The van der Waals surface area contributed by atoms with E-state index in [1.165, 1.54) is 0 Å². The van der Waals surface area contributed by atoms with Crippen molar-refractivity contribution in [1.29, 1.82) is 0 Å². The summed E-state index contributed by atoms with van der Waals surface area (Å²) in [5.74, 6) is 0.840. The number of aliphatic hydroxyl groups is 1. The number of aliphatic hydroxyl groups excluding tert-OH is 1. The van der Waals surface area contributed by atoms with Crippen molar-refractivity contribution in [2.75, 3.05) is 0 Å². The second kappa shape index (κ2) is 5.50. The van der Waals surface area contributed by atoms with Gasteiger partial charge in [-0.05, 0) is 44.0 Å². The Bertz CT molecular complexity index is 534. The maximum Gasteiger partial charge on any atom is 0.140 e. The molecular formula is C14H17NO2S. The van der Waals surface area contributed by atoms with E-state index in [0.717, 1.165) is 27.6 Å². The molecule has 0 bridgehead atoms. The molecule has 3 nitrogen and oxygen atoms in total. The van der Waals surface area contributed by atoms with Crippen LogP contribution in [-0.4, -0.2) is 10.1 Å². The van der Waals surface area contributed by atoms with Gasteiger partial charge in [-0.15, -0.1) is 11.3 Å². The van der Waals surface area contributed by atoms with E-state index in [1.807, 2.05) is 37.4 Å². The minimum atomic E-state index is -0.445. The molecule has 0 radical (unpaired) electrons. The topological polar surface area (TPSA) is 42.4 Å². The lowest BCUT2D eigenvalue weighted by molar-refractivity contribution is 0.199. The number of benzene rings is 1. The Morgan fingerprint density at radius 1 is 1.39 bits per heavy atom. The summed E-state index contributed by atoms with van der Waals surface area (Å²) < 4.78 is 5.74. The molecule has 1 heterocycles. The molecule has 0 fully saturated rings. The lowest BCUT2D eigenvalue weighted by atomic mass is 10.1. The Kier molecular flexibility index (Phi) is 3.99. The molecule has 2 rings (SSSR count). The fourth-order valence-corrected chi connectivity index (χ4v) is 2.39. The molecule has 0 aliphatic carbocycles. The van der Waals surface area contributed by atoms with Crippen LogP contribution in [0.25, 0.3) is 0 Å². The summed E-state index contributed by atoms with van der Waals surface area (Å²) in [5, 5.41) is 12.5. The zero-order valence-electron chi connectivity index (χ0n) is 10.8. The third kappa shape index (κ3) is 3.09. The fourth-order valence-electron chi connectivity index (χ4n) is 1.70. The summed E-state index contributed by atoms with van der Waals surface area (Å²) in [6.45, 7) is 6.21. The molecule has 1 unspecified atom stereocenters. The Hall–Kier alpha value is -1.39. The molecule has 4 heteroatoms. The van der Waals surface area contributed by atoms with Crippen molar-refractivity contribution in [2.24, 2.45) is 0 Å². The quantitative estimate of drug-likeness (QED) is 0.919. The van der Waals surface area contributed by atoms with Crippen LogP contribution in [0, 0.1) is 13.8 Å². The van der Waals surface area contributed by atoms with Crippen LogP contribution < -0.4 is 4.74 Å². The van der Waals surface area contributed by atoms with Crippen LogP contribution in [0.3, 0.4) is 0 Å². The third-order valence-electron chi connectivity index (χ3n) is 2.70. The summed E-state index contributed by atoms with van der Waals surface area (Å²) in [4.78, 5) is 4.35. The smallest absolute Gasteiger partial charge is 0.140 e. The first-order chi connectivity index (χ1) is 8.56. The molecule has 0 aliphatic rings. The minimum absolute atomic E-state index is 0.445. The Balaban J connectivity index is 2.05. The van der Waals surface area contributed by atoms with Crippen LogP contribution >= 0.6 is 11.3 Å². The minimum Gasteiger partial charge on any atom is -0.486 e. The molecular weight excluding hydrogens is 246 g/mol. The number of hydrogen-bond acceptors (Lipinski definition) is 4. The van der Waals surface area contributed by atoms with Crippen molar-refractivity contribution >= 4 is 11.3 Å².